The molecule has 0 saturated heterocycles. The summed E-state index contributed by atoms with van der Waals surface area (Å²) in [6.45, 7) is 6.45. The molecule has 4 unspecified atom stereocenters. The van der Waals surface area contributed by atoms with Crippen molar-refractivity contribution >= 4 is 5.97 Å². The fraction of sp³-hybridized carbons (Fsp3) is 0.710. The zero-order valence-corrected chi connectivity index (χ0v) is 21.4. The molecule has 0 bridgehead atoms. The molecule has 3 fully saturated rings. The fourth-order valence-corrected chi connectivity index (χ4v) is 7.18. The molecule has 3 aliphatic rings. The number of carbonyl (C=O) groups is 1. The molecule has 1 aromatic rings. The Bertz CT molecular complexity index is 761. The van der Waals surface area contributed by atoms with Gasteiger partial charge in [-0.15, -0.1) is 0 Å². The first-order chi connectivity index (χ1) is 16.7. The number of benzene rings is 1. The van der Waals surface area contributed by atoms with Gasteiger partial charge in [0.25, 0.3) is 0 Å². The Morgan fingerprint density at radius 2 is 1.47 bits per heavy atom. The van der Waals surface area contributed by atoms with Crippen LogP contribution in [0, 0.1) is 35.5 Å². The van der Waals surface area contributed by atoms with E-state index < -0.39 is 0 Å². The highest BCUT2D eigenvalue weighted by Gasteiger charge is 2.39. The fourth-order valence-electron chi connectivity index (χ4n) is 7.18. The van der Waals surface area contributed by atoms with Crippen molar-refractivity contribution in [3.63, 3.8) is 0 Å². The molecule has 34 heavy (non-hydrogen) atoms. The van der Waals surface area contributed by atoms with Crippen molar-refractivity contribution in [2.24, 2.45) is 35.5 Å². The van der Waals surface area contributed by atoms with Crippen molar-refractivity contribution in [1.82, 2.24) is 0 Å². The topological polar surface area (TPSA) is 35.5 Å². The second-order valence-electron chi connectivity index (χ2n) is 11.4. The number of rotatable bonds is 10. The van der Waals surface area contributed by atoms with Crippen LogP contribution in [-0.2, 0) is 4.79 Å². The van der Waals surface area contributed by atoms with Gasteiger partial charge in [0.1, 0.15) is 18.1 Å². The van der Waals surface area contributed by atoms with Crippen molar-refractivity contribution < 1.29 is 14.3 Å². The van der Waals surface area contributed by atoms with Crippen molar-refractivity contribution in [3.05, 3.63) is 36.9 Å². The monoisotopic (exact) mass is 466 g/mol. The number of carbonyl (C=O) groups excluding carboxylic acids is 1. The molecule has 0 amide bonds. The van der Waals surface area contributed by atoms with Crippen LogP contribution in [0.25, 0.3) is 0 Å². The van der Waals surface area contributed by atoms with Crippen LogP contribution in [0.5, 0.6) is 11.5 Å². The van der Waals surface area contributed by atoms with Crippen molar-refractivity contribution in [2.75, 3.05) is 6.61 Å². The summed E-state index contributed by atoms with van der Waals surface area (Å²) in [4.78, 5) is 12.8. The molecule has 3 nitrogen and oxygen atoms in total. The summed E-state index contributed by atoms with van der Waals surface area (Å²) in [5.41, 5.74) is 0. The lowest BCUT2D eigenvalue weighted by atomic mass is 9.60. The third-order valence-electron chi connectivity index (χ3n) is 9.16. The predicted octanol–water partition coefficient (Wildman–Crippen LogP) is 8.38. The van der Waals surface area contributed by atoms with Crippen LogP contribution in [0.3, 0.4) is 0 Å². The summed E-state index contributed by atoms with van der Waals surface area (Å²) in [7, 11) is 0. The lowest BCUT2D eigenvalue weighted by Crippen LogP contribution is -2.35. The zero-order valence-electron chi connectivity index (χ0n) is 21.4. The van der Waals surface area contributed by atoms with Crippen molar-refractivity contribution in [3.8, 4) is 11.5 Å². The molecule has 4 rings (SSSR count). The zero-order chi connectivity index (χ0) is 23.8. The molecule has 0 spiro atoms. The highest BCUT2D eigenvalue weighted by Crippen LogP contribution is 2.49. The Morgan fingerprint density at radius 1 is 0.853 bits per heavy atom. The highest BCUT2D eigenvalue weighted by atomic mass is 16.5. The summed E-state index contributed by atoms with van der Waals surface area (Å²) in [5.74, 6) is 6.12. The first-order valence-electron chi connectivity index (χ1n) is 14.2. The number of hydrogen-bond donors (Lipinski definition) is 0. The van der Waals surface area contributed by atoms with E-state index in [4.69, 9.17) is 9.47 Å². The van der Waals surface area contributed by atoms with Gasteiger partial charge in [-0.1, -0.05) is 51.7 Å². The Labute approximate surface area is 207 Å². The van der Waals surface area contributed by atoms with Crippen LogP contribution in [-0.4, -0.2) is 12.6 Å². The van der Waals surface area contributed by atoms with E-state index in [1.807, 2.05) is 24.3 Å². The Kier molecular flexibility index (Phi) is 9.53. The number of unbranched alkanes of at least 4 members (excludes halogenated alkanes) is 2. The molecule has 3 saturated carbocycles. The normalized spacial score (nSPS) is 31.3. The number of ether oxygens (including phenoxy) is 2. The average Bonchev–Trinajstić information content (AvgIpc) is 2.88. The van der Waals surface area contributed by atoms with Gasteiger partial charge in [0.05, 0.1) is 5.92 Å². The average molecular weight is 467 g/mol. The molecule has 3 heteroatoms. The SMILES string of the molecule is C=CCOc1ccc(OC(=O)C2CCC(C3CCC4CC(CCCCC)CCC4C3)CC2)cc1. The lowest BCUT2D eigenvalue weighted by Gasteiger charge is -2.45. The molecule has 0 heterocycles. The Morgan fingerprint density at radius 3 is 2.18 bits per heavy atom. The minimum Gasteiger partial charge on any atom is -0.490 e. The van der Waals surface area contributed by atoms with Gasteiger partial charge in [-0.3, -0.25) is 4.79 Å². The highest BCUT2D eigenvalue weighted by molar-refractivity contribution is 5.75. The Balaban J connectivity index is 1.18. The van der Waals surface area contributed by atoms with Gasteiger partial charge in [0, 0.05) is 0 Å². The van der Waals surface area contributed by atoms with Crippen molar-refractivity contribution in [1.29, 1.82) is 0 Å². The van der Waals surface area contributed by atoms with Crippen molar-refractivity contribution in [2.45, 2.75) is 96.8 Å². The Hall–Kier alpha value is -1.77. The third kappa shape index (κ3) is 6.89. The van der Waals surface area contributed by atoms with Crippen LogP contribution in [0.2, 0.25) is 0 Å². The molecule has 0 N–H and O–H groups in total. The summed E-state index contributed by atoms with van der Waals surface area (Å²) >= 11 is 0. The van der Waals surface area contributed by atoms with E-state index in [1.54, 1.807) is 6.08 Å². The molecular formula is C31H46O3. The third-order valence-corrected chi connectivity index (χ3v) is 9.16. The minimum absolute atomic E-state index is 0.0525. The van der Waals surface area contributed by atoms with E-state index in [0.717, 1.165) is 48.2 Å². The quantitative estimate of drug-likeness (QED) is 0.150. The lowest BCUT2D eigenvalue weighted by molar-refractivity contribution is -0.140. The molecule has 4 atom stereocenters. The van der Waals surface area contributed by atoms with Gasteiger partial charge in [0.2, 0.25) is 0 Å². The smallest absolute Gasteiger partial charge is 0.314 e. The molecule has 0 radical (unpaired) electrons. The number of esters is 1. The largest absolute Gasteiger partial charge is 0.490 e. The second kappa shape index (κ2) is 12.8. The molecule has 3 aliphatic carbocycles. The van der Waals surface area contributed by atoms with Gasteiger partial charge >= 0.3 is 5.97 Å². The van der Waals surface area contributed by atoms with Crippen LogP contribution >= 0.6 is 0 Å². The molecule has 1 aromatic carbocycles. The summed E-state index contributed by atoms with van der Waals surface area (Å²) in [6.07, 6.45) is 20.7. The van der Waals surface area contributed by atoms with Crippen LogP contribution in [0.4, 0.5) is 0 Å². The maximum absolute atomic E-state index is 12.8. The summed E-state index contributed by atoms with van der Waals surface area (Å²) < 4.78 is 11.2. The molecule has 0 aliphatic heterocycles. The molecule has 188 valence electrons. The summed E-state index contributed by atoms with van der Waals surface area (Å²) in [6, 6.07) is 7.33. The maximum atomic E-state index is 12.8. The second-order valence-corrected chi connectivity index (χ2v) is 11.4. The van der Waals surface area contributed by atoms with Gasteiger partial charge in [-0.25, -0.2) is 0 Å². The van der Waals surface area contributed by atoms with Gasteiger partial charge in [0.15, 0.2) is 0 Å². The number of fused-ring (bicyclic) bond motifs is 1. The first-order valence-corrected chi connectivity index (χ1v) is 14.2. The maximum Gasteiger partial charge on any atom is 0.314 e. The van der Waals surface area contributed by atoms with Crippen LogP contribution in [0.15, 0.2) is 36.9 Å². The van der Waals surface area contributed by atoms with E-state index in [0.29, 0.717) is 12.4 Å². The standard InChI is InChI=1S/C31H46O3/c1-3-5-6-7-23-8-9-28-22-27(15-14-26(28)21-23)24-10-12-25(13-11-24)31(32)34-30-18-16-29(17-19-30)33-20-4-2/h4,16-19,23-28H,2-3,5-15,20-22H2,1H3. The van der Waals surface area contributed by atoms with E-state index in [1.165, 1.54) is 77.0 Å². The van der Waals surface area contributed by atoms with Gasteiger partial charge in [-0.05, 0) is 112 Å². The van der Waals surface area contributed by atoms with Gasteiger partial charge < -0.3 is 9.47 Å². The van der Waals surface area contributed by atoms with E-state index in [9.17, 15) is 4.79 Å². The van der Waals surface area contributed by atoms with E-state index in [-0.39, 0.29) is 11.9 Å². The molecular weight excluding hydrogens is 420 g/mol. The minimum atomic E-state index is -0.0525. The van der Waals surface area contributed by atoms with Gasteiger partial charge in [-0.2, -0.15) is 0 Å². The van der Waals surface area contributed by atoms with E-state index in [2.05, 4.69) is 13.5 Å². The first kappa shape index (κ1) is 25.3. The summed E-state index contributed by atoms with van der Waals surface area (Å²) in [5, 5.41) is 0. The van der Waals surface area contributed by atoms with Crippen LogP contribution < -0.4 is 9.47 Å². The molecule has 0 aromatic heterocycles. The predicted molar refractivity (Wildman–Crippen MR) is 139 cm³/mol. The van der Waals surface area contributed by atoms with Crippen LogP contribution in [0.1, 0.15) is 96.8 Å². The van der Waals surface area contributed by atoms with E-state index >= 15 is 0 Å². The number of hydrogen-bond acceptors (Lipinski definition) is 3.